The van der Waals surface area contributed by atoms with E-state index in [1.165, 1.54) is 46.7 Å². The Morgan fingerprint density at radius 3 is 2.73 bits per heavy atom. The molecule has 2 nitrogen and oxygen atoms in total. The van der Waals surface area contributed by atoms with Crippen molar-refractivity contribution in [1.82, 2.24) is 0 Å². The van der Waals surface area contributed by atoms with Gasteiger partial charge >= 0.3 is 0 Å². The maximum Gasteiger partial charge on any atom is 0.0668 e. The first-order valence-electron chi connectivity index (χ1n) is 9.54. The lowest BCUT2D eigenvalue weighted by molar-refractivity contribution is 0.778. The monoisotopic (exact) mass is 364 g/mol. The number of benzodiazepines with no additional fused rings is 1. The van der Waals surface area contributed by atoms with Crippen LogP contribution in [0, 0.1) is 0 Å². The summed E-state index contributed by atoms with van der Waals surface area (Å²) in [6.45, 7) is 4.04. The fourth-order valence-electron chi connectivity index (χ4n) is 3.14. The van der Waals surface area contributed by atoms with E-state index >= 15 is 0 Å². The summed E-state index contributed by atoms with van der Waals surface area (Å²) in [4.78, 5) is 8.48. The number of unbranched alkanes of at least 4 members (excludes halogenated alkanes) is 2. The first-order valence-corrected chi connectivity index (χ1v) is 10.5. The number of thioether (sulfide) groups is 1. The van der Waals surface area contributed by atoms with E-state index in [0.717, 1.165) is 18.8 Å². The molecule has 1 aliphatic heterocycles. The number of likely N-dealkylation sites (N-methyl/N-ethyl adjacent to an activating group) is 1. The number of benzene rings is 2. The predicted molar refractivity (Wildman–Crippen MR) is 117 cm³/mol. The van der Waals surface area contributed by atoms with Crippen molar-refractivity contribution >= 4 is 29.2 Å². The number of rotatable bonds is 7. The Labute approximate surface area is 162 Å². The Morgan fingerprint density at radius 2 is 1.85 bits per heavy atom. The molecule has 0 spiro atoms. The van der Waals surface area contributed by atoms with E-state index in [-0.39, 0.29) is 0 Å². The molecule has 0 N–H and O–H groups in total. The highest BCUT2D eigenvalue weighted by Gasteiger charge is 2.13. The van der Waals surface area contributed by atoms with Crippen molar-refractivity contribution in [3.8, 4) is 0 Å². The second-order valence-electron chi connectivity index (χ2n) is 6.63. The molecule has 1 aliphatic rings. The van der Waals surface area contributed by atoms with Crippen LogP contribution in [0.4, 0.5) is 5.69 Å². The third-order valence-electron chi connectivity index (χ3n) is 4.65. The summed E-state index contributed by atoms with van der Waals surface area (Å²) >= 11 is 1.96. The van der Waals surface area contributed by atoms with Crippen molar-refractivity contribution in [3.05, 3.63) is 65.7 Å². The normalized spacial score (nSPS) is 14.2. The smallest absolute Gasteiger partial charge is 0.0668 e. The minimum atomic E-state index is 0.832. The van der Waals surface area contributed by atoms with Gasteiger partial charge in [0.15, 0.2) is 0 Å². The lowest BCUT2D eigenvalue weighted by Crippen LogP contribution is -2.20. The molecule has 2 aromatic carbocycles. The minimum absolute atomic E-state index is 0.832. The molecule has 3 rings (SSSR count). The predicted octanol–water partition coefficient (Wildman–Crippen LogP) is 5.92. The van der Waals surface area contributed by atoms with Gasteiger partial charge in [-0.2, -0.15) is 0 Å². The molecule has 0 saturated heterocycles. The molecule has 136 valence electrons. The summed E-state index contributed by atoms with van der Waals surface area (Å²) in [5.74, 6) is 1.19. The highest BCUT2D eigenvalue weighted by molar-refractivity contribution is 7.99. The summed E-state index contributed by atoms with van der Waals surface area (Å²) in [5, 5.41) is 0. The van der Waals surface area contributed by atoms with E-state index in [1.54, 1.807) is 0 Å². The molecule has 1 heterocycles. The molecule has 0 aliphatic carbocycles. The second kappa shape index (κ2) is 9.63. The first-order chi connectivity index (χ1) is 12.8. The third kappa shape index (κ3) is 4.79. The molecular formula is C23H28N2S. The Kier molecular flexibility index (Phi) is 6.96. The van der Waals surface area contributed by atoms with Crippen LogP contribution in [0.25, 0.3) is 6.08 Å². The van der Waals surface area contributed by atoms with E-state index in [4.69, 9.17) is 4.99 Å². The van der Waals surface area contributed by atoms with E-state index in [9.17, 15) is 0 Å². The molecule has 26 heavy (non-hydrogen) atoms. The average Bonchev–Trinajstić information content (AvgIpc) is 2.84. The van der Waals surface area contributed by atoms with Gasteiger partial charge in [-0.15, -0.1) is 11.8 Å². The molecule has 0 fully saturated rings. The van der Waals surface area contributed by atoms with Crippen LogP contribution >= 0.6 is 11.8 Å². The van der Waals surface area contributed by atoms with Gasteiger partial charge in [0.25, 0.3) is 0 Å². The molecule has 0 amide bonds. The molecular weight excluding hydrogens is 336 g/mol. The van der Waals surface area contributed by atoms with Gasteiger partial charge in [-0.3, -0.25) is 4.99 Å². The highest BCUT2D eigenvalue weighted by Crippen LogP contribution is 2.26. The van der Waals surface area contributed by atoms with Crippen LogP contribution in [0.5, 0.6) is 0 Å². The number of hydrogen-bond donors (Lipinski definition) is 0. The van der Waals surface area contributed by atoms with Crippen LogP contribution in [0.2, 0.25) is 0 Å². The summed E-state index contributed by atoms with van der Waals surface area (Å²) in [6, 6.07) is 17.2. The lowest BCUT2D eigenvalue weighted by atomic mass is 10.1. The summed E-state index contributed by atoms with van der Waals surface area (Å²) in [5.41, 5.74) is 4.84. The van der Waals surface area contributed by atoms with Crippen LogP contribution in [0.3, 0.4) is 0 Å². The molecule has 3 heteroatoms. The quantitative estimate of drug-likeness (QED) is 0.447. The summed E-state index contributed by atoms with van der Waals surface area (Å²) < 4.78 is 0. The van der Waals surface area contributed by atoms with Gasteiger partial charge < -0.3 is 4.90 Å². The van der Waals surface area contributed by atoms with E-state index in [0.29, 0.717) is 0 Å². The third-order valence-corrected chi connectivity index (χ3v) is 5.83. The van der Waals surface area contributed by atoms with Gasteiger partial charge in [0.1, 0.15) is 0 Å². The zero-order valence-electron chi connectivity index (χ0n) is 15.8. The minimum Gasteiger partial charge on any atom is -0.372 e. The van der Waals surface area contributed by atoms with Crippen LogP contribution in [-0.4, -0.2) is 31.6 Å². The van der Waals surface area contributed by atoms with Gasteiger partial charge in [-0.05, 0) is 35.9 Å². The Bertz CT molecular complexity index is 779. The largest absolute Gasteiger partial charge is 0.372 e. The van der Waals surface area contributed by atoms with Crippen molar-refractivity contribution in [3.63, 3.8) is 0 Å². The number of fused-ring (bicyclic) bond motifs is 1. The summed E-state index contributed by atoms with van der Waals surface area (Å²) in [7, 11) is 2.14. The molecule has 2 aromatic rings. The van der Waals surface area contributed by atoms with Crippen LogP contribution in [-0.2, 0) is 0 Å². The van der Waals surface area contributed by atoms with E-state index in [2.05, 4.69) is 79.6 Å². The molecule has 0 aromatic heterocycles. The number of para-hydroxylation sites is 1. The fourth-order valence-corrected chi connectivity index (χ4v) is 4.19. The molecule has 0 unspecified atom stereocenters. The van der Waals surface area contributed by atoms with Crippen molar-refractivity contribution in [2.75, 3.05) is 30.8 Å². The molecule has 0 radical (unpaired) electrons. The number of aliphatic imine (C=N–C) groups is 1. The van der Waals surface area contributed by atoms with Gasteiger partial charge in [-0.1, -0.05) is 62.2 Å². The maximum atomic E-state index is 4.83. The van der Waals surface area contributed by atoms with Crippen LogP contribution in [0.1, 0.15) is 37.3 Å². The molecule has 0 saturated carbocycles. The number of nitrogens with zero attached hydrogens (tertiary/aromatic N) is 2. The van der Waals surface area contributed by atoms with E-state index < -0.39 is 0 Å². The molecule has 0 bridgehead atoms. The van der Waals surface area contributed by atoms with Crippen LogP contribution < -0.4 is 4.90 Å². The second-order valence-corrected chi connectivity index (χ2v) is 7.77. The number of hydrogen-bond acceptors (Lipinski definition) is 3. The lowest BCUT2D eigenvalue weighted by Gasteiger charge is -2.18. The van der Waals surface area contributed by atoms with Gasteiger partial charge in [0, 0.05) is 29.7 Å². The Hall–Kier alpha value is -2.00. The highest BCUT2D eigenvalue weighted by atomic mass is 32.2. The van der Waals surface area contributed by atoms with Crippen molar-refractivity contribution in [2.24, 2.45) is 4.99 Å². The number of anilines is 1. The standard InChI is InChI=1S/C23H28N2S/c1-3-4-9-18-26-23-13-8-5-10-19(23)14-15-21-20-11-6-7-12-22(20)25(2)17-16-24-21/h5-8,10-15H,3-4,9,16-18H2,1-2H3. The van der Waals surface area contributed by atoms with Crippen molar-refractivity contribution in [1.29, 1.82) is 0 Å². The first kappa shape index (κ1) is 18.8. The fraction of sp³-hybridized carbons (Fsp3) is 0.348. The van der Waals surface area contributed by atoms with Gasteiger partial charge in [0.05, 0.1) is 12.3 Å². The van der Waals surface area contributed by atoms with Crippen molar-refractivity contribution in [2.45, 2.75) is 31.1 Å². The average molecular weight is 365 g/mol. The zero-order valence-corrected chi connectivity index (χ0v) is 16.6. The molecule has 0 atom stereocenters. The Balaban J connectivity index is 1.80. The summed E-state index contributed by atoms with van der Waals surface area (Å²) in [6.07, 6.45) is 8.28. The van der Waals surface area contributed by atoms with Gasteiger partial charge in [-0.25, -0.2) is 0 Å². The van der Waals surface area contributed by atoms with Gasteiger partial charge in [0.2, 0.25) is 0 Å². The SMILES string of the molecule is CCCCCSc1ccccc1C=CC1=NCCN(C)c2ccccc21. The number of allylic oxidation sites excluding steroid dienone is 1. The van der Waals surface area contributed by atoms with Crippen LogP contribution in [0.15, 0.2) is 64.5 Å². The Morgan fingerprint density at radius 1 is 1.04 bits per heavy atom. The topological polar surface area (TPSA) is 15.6 Å². The maximum absolute atomic E-state index is 4.83. The van der Waals surface area contributed by atoms with Crippen molar-refractivity contribution < 1.29 is 0 Å². The zero-order chi connectivity index (χ0) is 18.2. The van der Waals surface area contributed by atoms with E-state index in [1.807, 2.05) is 11.8 Å².